The number of nitrogens with zero attached hydrogens (tertiary/aromatic N) is 1. The first-order valence-electron chi connectivity index (χ1n) is 4.16. The molecule has 15 heavy (non-hydrogen) atoms. The molecule has 0 unspecified atom stereocenters. The minimum atomic E-state index is -4.30. The van der Waals surface area contributed by atoms with Gasteiger partial charge in [-0.25, -0.2) is 4.98 Å². The first-order chi connectivity index (χ1) is 7.07. The Balaban J connectivity index is 2.33. The predicted molar refractivity (Wildman–Crippen MR) is 47.9 cm³/mol. The Morgan fingerprint density at radius 2 is 1.80 bits per heavy atom. The molecule has 0 aliphatic carbocycles. The lowest BCUT2D eigenvalue weighted by Gasteiger charge is -2.06. The van der Waals surface area contributed by atoms with Crippen molar-refractivity contribution in [1.82, 2.24) is 9.97 Å². The van der Waals surface area contributed by atoms with E-state index in [9.17, 15) is 13.2 Å². The zero-order valence-corrected chi connectivity index (χ0v) is 7.47. The van der Waals surface area contributed by atoms with Crippen molar-refractivity contribution in [2.75, 3.05) is 0 Å². The van der Waals surface area contributed by atoms with E-state index in [1.54, 1.807) is 0 Å². The van der Waals surface area contributed by atoms with Gasteiger partial charge in [0.25, 0.3) is 0 Å². The molecule has 0 atom stereocenters. The third kappa shape index (κ3) is 2.01. The zero-order valence-electron chi connectivity index (χ0n) is 7.47. The number of hydrogen-bond donors (Lipinski definition) is 1. The topological polar surface area (TPSA) is 28.7 Å². The summed E-state index contributed by atoms with van der Waals surface area (Å²) in [4.78, 5) is 6.43. The molecule has 0 saturated carbocycles. The van der Waals surface area contributed by atoms with Crippen LogP contribution < -0.4 is 0 Å². The van der Waals surface area contributed by atoms with Crippen LogP contribution in [-0.4, -0.2) is 9.97 Å². The lowest BCUT2D eigenvalue weighted by atomic mass is 10.1. The van der Waals surface area contributed by atoms with Gasteiger partial charge in [-0.15, -0.1) is 0 Å². The van der Waals surface area contributed by atoms with Crippen molar-refractivity contribution >= 4 is 0 Å². The molecule has 2 aromatic rings. The van der Waals surface area contributed by atoms with Crippen LogP contribution in [0.5, 0.6) is 0 Å². The smallest absolute Gasteiger partial charge is 0.344 e. The molecule has 77 valence electrons. The minimum absolute atomic E-state index is 0.573. The van der Waals surface area contributed by atoms with Crippen LogP contribution in [0.15, 0.2) is 30.6 Å². The van der Waals surface area contributed by atoms with Gasteiger partial charge < -0.3 is 4.98 Å². The normalized spacial score (nSPS) is 11.7. The predicted octanol–water partition coefficient (Wildman–Crippen LogP) is 2.90. The van der Waals surface area contributed by atoms with Gasteiger partial charge >= 0.3 is 6.18 Å². The highest BCUT2D eigenvalue weighted by Crippen LogP contribution is 2.30. The molecule has 5 heteroatoms. The second kappa shape index (κ2) is 3.42. The van der Waals surface area contributed by atoms with Crippen LogP contribution in [0.4, 0.5) is 13.2 Å². The van der Waals surface area contributed by atoms with Gasteiger partial charge in [-0.3, -0.25) is 0 Å². The van der Waals surface area contributed by atoms with Crippen LogP contribution in [0, 0.1) is 6.20 Å². The summed E-state index contributed by atoms with van der Waals surface area (Å²) in [5.41, 5.74) is 0.537. The molecule has 0 fully saturated rings. The summed E-state index contributed by atoms with van der Waals surface area (Å²) in [5, 5.41) is 0. The quantitative estimate of drug-likeness (QED) is 0.771. The maximum atomic E-state index is 12.2. The van der Waals surface area contributed by atoms with Crippen LogP contribution in [0.2, 0.25) is 0 Å². The van der Waals surface area contributed by atoms with Gasteiger partial charge in [0.05, 0.1) is 17.6 Å². The van der Waals surface area contributed by atoms with Crippen molar-refractivity contribution in [2.45, 2.75) is 6.18 Å². The van der Waals surface area contributed by atoms with E-state index in [-0.39, 0.29) is 0 Å². The number of halogens is 3. The fourth-order valence-electron chi connectivity index (χ4n) is 1.20. The number of H-pyrrole nitrogens is 1. The largest absolute Gasteiger partial charge is 0.416 e. The average Bonchev–Trinajstić information content (AvgIpc) is 2.69. The van der Waals surface area contributed by atoms with Crippen LogP contribution in [-0.2, 0) is 6.18 Å². The molecule has 1 aromatic carbocycles. The average molecular weight is 211 g/mol. The lowest BCUT2D eigenvalue weighted by molar-refractivity contribution is -0.137. The maximum Gasteiger partial charge on any atom is 0.416 e. The van der Waals surface area contributed by atoms with E-state index in [4.69, 9.17) is 0 Å². The Bertz CT molecular complexity index is 429. The van der Waals surface area contributed by atoms with E-state index in [1.165, 1.54) is 18.5 Å². The van der Waals surface area contributed by atoms with Crippen LogP contribution >= 0.6 is 0 Å². The molecule has 1 aromatic heterocycles. The SMILES string of the molecule is FC(F)(F)c1ccc(-c2[c]nc[nH]2)cc1. The first kappa shape index (κ1) is 9.76. The van der Waals surface area contributed by atoms with Crippen molar-refractivity contribution < 1.29 is 13.2 Å². The Morgan fingerprint density at radius 3 is 2.27 bits per heavy atom. The zero-order chi connectivity index (χ0) is 10.9. The van der Waals surface area contributed by atoms with E-state index in [1.807, 2.05) is 0 Å². The summed E-state index contributed by atoms with van der Waals surface area (Å²) < 4.78 is 36.7. The molecular weight excluding hydrogens is 205 g/mol. The summed E-state index contributed by atoms with van der Waals surface area (Å²) in [6, 6.07) is 4.83. The molecule has 1 radical (unpaired) electrons. The van der Waals surface area contributed by atoms with Gasteiger partial charge in [0.15, 0.2) is 0 Å². The molecule has 0 aliphatic rings. The van der Waals surface area contributed by atoms with Gasteiger partial charge in [0.2, 0.25) is 0 Å². The third-order valence-corrected chi connectivity index (χ3v) is 1.95. The van der Waals surface area contributed by atoms with E-state index in [2.05, 4.69) is 16.2 Å². The molecule has 1 heterocycles. The fraction of sp³-hybridized carbons (Fsp3) is 0.100. The van der Waals surface area contributed by atoms with Crippen LogP contribution in [0.3, 0.4) is 0 Å². The molecule has 0 saturated heterocycles. The Hall–Kier alpha value is -1.78. The van der Waals surface area contributed by atoms with Gasteiger partial charge in [0.1, 0.15) is 6.20 Å². The number of hydrogen-bond acceptors (Lipinski definition) is 1. The molecule has 0 spiro atoms. The Morgan fingerprint density at radius 1 is 1.13 bits per heavy atom. The van der Waals surface area contributed by atoms with Crippen molar-refractivity contribution in [2.24, 2.45) is 0 Å². The molecule has 2 nitrogen and oxygen atoms in total. The summed E-state index contributed by atoms with van der Waals surface area (Å²) >= 11 is 0. The highest BCUT2D eigenvalue weighted by atomic mass is 19.4. The van der Waals surface area contributed by atoms with Gasteiger partial charge in [-0.1, -0.05) is 12.1 Å². The molecule has 1 N–H and O–H groups in total. The van der Waals surface area contributed by atoms with Crippen LogP contribution in [0.1, 0.15) is 5.56 Å². The number of aromatic amines is 1. The Kier molecular flexibility index (Phi) is 2.22. The summed E-state index contributed by atoms with van der Waals surface area (Å²) in [5.74, 6) is 0. The minimum Gasteiger partial charge on any atom is -0.344 e. The molecule has 2 rings (SSSR count). The summed E-state index contributed by atoms with van der Waals surface area (Å²) in [6.07, 6.45) is -0.247. The number of imidazole rings is 1. The first-order valence-corrected chi connectivity index (χ1v) is 4.16. The van der Waals surface area contributed by atoms with Gasteiger partial charge in [-0.2, -0.15) is 13.2 Å². The fourth-order valence-corrected chi connectivity index (χ4v) is 1.20. The number of aromatic nitrogens is 2. The van der Waals surface area contributed by atoms with E-state index < -0.39 is 11.7 Å². The second-order valence-electron chi connectivity index (χ2n) is 2.96. The molecular formula is C10H6F3N2. The number of nitrogens with one attached hydrogen (secondary N) is 1. The monoisotopic (exact) mass is 211 g/mol. The number of rotatable bonds is 1. The molecule has 0 amide bonds. The van der Waals surface area contributed by atoms with Crippen molar-refractivity contribution in [3.63, 3.8) is 0 Å². The van der Waals surface area contributed by atoms with Crippen molar-refractivity contribution in [1.29, 1.82) is 0 Å². The highest BCUT2D eigenvalue weighted by Gasteiger charge is 2.29. The van der Waals surface area contributed by atoms with E-state index >= 15 is 0 Å². The van der Waals surface area contributed by atoms with Gasteiger partial charge in [0, 0.05) is 5.56 Å². The summed E-state index contributed by atoms with van der Waals surface area (Å²) in [6.45, 7) is 0. The standard InChI is InChI=1S/C10H6F3N2/c11-10(12,13)8-3-1-7(2-4-8)9-5-14-6-15-9/h1-4,6H,(H,14,15). The van der Waals surface area contributed by atoms with Crippen molar-refractivity contribution in [3.05, 3.63) is 42.4 Å². The van der Waals surface area contributed by atoms with E-state index in [0.717, 1.165) is 12.1 Å². The lowest BCUT2D eigenvalue weighted by Crippen LogP contribution is -2.03. The van der Waals surface area contributed by atoms with Crippen molar-refractivity contribution in [3.8, 4) is 11.3 Å². The van der Waals surface area contributed by atoms with E-state index in [0.29, 0.717) is 11.3 Å². The maximum absolute atomic E-state index is 12.2. The molecule has 0 aliphatic heterocycles. The second-order valence-corrected chi connectivity index (χ2v) is 2.96. The number of alkyl halides is 3. The number of benzene rings is 1. The van der Waals surface area contributed by atoms with Gasteiger partial charge in [-0.05, 0) is 12.1 Å². The molecule has 0 bridgehead atoms. The third-order valence-electron chi connectivity index (χ3n) is 1.95. The Labute approximate surface area is 83.8 Å². The summed E-state index contributed by atoms with van der Waals surface area (Å²) in [7, 11) is 0. The van der Waals surface area contributed by atoms with Crippen LogP contribution in [0.25, 0.3) is 11.3 Å². The highest BCUT2D eigenvalue weighted by molar-refractivity contribution is 5.57.